The van der Waals surface area contributed by atoms with E-state index in [0.717, 1.165) is 26.6 Å². The van der Waals surface area contributed by atoms with Gasteiger partial charge in [-0.05, 0) is 74.7 Å². The Hall–Kier alpha value is -3.19. The molecule has 1 N–H and O–H groups in total. The number of carbonyl (C=O) groups is 1. The first-order valence-electron chi connectivity index (χ1n) is 10.3. The molecule has 3 aromatic rings. The number of sulfonamides is 1. The molecule has 0 aliphatic carbocycles. The molecule has 0 unspecified atom stereocenters. The predicted molar refractivity (Wildman–Crippen MR) is 125 cm³/mol. The van der Waals surface area contributed by atoms with E-state index in [0.29, 0.717) is 5.69 Å². The maximum absolute atomic E-state index is 13.5. The van der Waals surface area contributed by atoms with Gasteiger partial charge in [-0.25, -0.2) is 12.8 Å². The summed E-state index contributed by atoms with van der Waals surface area (Å²) in [6.07, 6.45) is 0. The fourth-order valence-corrected chi connectivity index (χ4v) is 4.85. The molecule has 0 fully saturated rings. The predicted octanol–water partition coefficient (Wildman–Crippen LogP) is 4.82. The van der Waals surface area contributed by atoms with Crippen LogP contribution in [0.15, 0.2) is 71.6 Å². The number of hydrogen-bond acceptors (Lipinski definition) is 3. The molecule has 5 nitrogen and oxygen atoms in total. The van der Waals surface area contributed by atoms with Crippen molar-refractivity contribution in [2.75, 3.05) is 10.8 Å². The van der Waals surface area contributed by atoms with Crippen molar-refractivity contribution in [3.8, 4) is 0 Å². The van der Waals surface area contributed by atoms with E-state index in [4.69, 9.17) is 0 Å². The van der Waals surface area contributed by atoms with Crippen LogP contribution in [0.3, 0.4) is 0 Å². The molecule has 0 saturated carbocycles. The van der Waals surface area contributed by atoms with E-state index in [9.17, 15) is 17.6 Å². The van der Waals surface area contributed by atoms with Crippen molar-refractivity contribution in [2.45, 2.75) is 38.6 Å². The summed E-state index contributed by atoms with van der Waals surface area (Å²) >= 11 is 0. The Kier molecular flexibility index (Phi) is 6.99. The highest BCUT2D eigenvalue weighted by Gasteiger charge is 2.28. The number of hydrogen-bond donors (Lipinski definition) is 1. The van der Waals surface area contributed by atoms with Crippen LogP contribution in [0.5, 0.6) is 0 Å². The van der Waals surface area contributed by atoms with E-state index in [1.807, 2.05) is 32.9 Å². The number of amides is 1. The summed E-state index contributed by atoms with van der Waals surface area (Å²) in [5.41, 5.74) is 3.74. The zero-order valence-corrected chi connectivity index (χ0v) is 19.4. The van der Waals surface area contributed by atoms with Gasteiger partial charge >= 0.3 is 0 Å². The molecule has 0 radical (unpaired) electrons. The Morgan fingerprint density at radius 2 is 1.53 bits per heavy atom. The van der Waals surface area contributed by atoms with Gasteiger partial charge in [-0.15, -0.1) is 0 Å². The highest BCUT2D eigenvalue weighted by atomic mass is 32.2. The van der Waals surface area contributed by atoms with Crippen LogP contribution in [0.1, 0.15) is 35.2 Å². The first kappa shape index (κ1) is 23.5. The minimum atomic E-state index is -3.99. The minimum absolute atomic E-state index is 0.114. The van der Waals surface area contributed by atoms with Crippen LogP contribution in [0.4, 0.5) is 10.1 Å². The first-order valence-corrected chi connectivity index (χ1v) is 11.7. The zero-order chi connectivity index (χ0) is 23.5. The summed E-state index contributed by atoms with van der Waals surface area (Å²) in [5.74, 6) is -0.823. The van der Waals surface area contributed by atoms with Gasteiger partial charge < -0.3 is 5.32 Å². The summed E-state index contributed by atoms with van der Waals surface area (Å²) < 4.78 is 41.4. The van der Waals surface area contributed by atoms with Gasteiger partial charge in [0.25, 0.3) is 10.0 Å². The summed E-state index contributed by atoms with van der Waals surface area (Å²) in [6.45, 7) is 6.94. The maximum atomic E-state index is 13.5. The average Bonchev–Trinajstić information content (AvgIpc) is 2.74. The average molecular weight is 455 g/mol. The Labute approximate surface area is 188 Å². The number of benzene rings is 3. The van der Waals surface area contributed by atoms with Gasteiger partial charge in [-0.1, -0.05) is 42.0 Å². The molecule has 0 heterocycles. The molecule has 0 aliphatic heterocycles. The molecule has 3 rings (SSSR count). The minimum Gasteiger partial charge on any atom is -0.348 e. The lowest BCUT2D eigenvalue weighted by atomic mass is 10.1. The van der Waals surface area contributed by atoms with Crippen molar-refractivity contribution in [1.82, 2.24) is 5.32 Å². The first-order chi connectivity index (χ1) is 15.1. The molecule has 0 saturated heterocycles. The van der Waals surface area contributed by atoms with E-state index >= 15 is 0 Å². The Bertz CT molecular complexity index is 1210. The van der Waals surface area contributed by atoms with Crippen molar-refractivity contribution >= 4 is 21.6 Å². The lowest BCUT2D eigenvalue weighted by molar-refractivity contribution is -0.120. The maximum Gasteiger partial charge on any atom is 0.264 e. The number of carbonyl (C=O) groups excluding carboxylic acids is 1. The molecule has 0 bridgehead atoms. The quantitative estimate of drug-likeness (QED) is 0.556. The van der Waals surface area contributed by atoms with Crippen molar-refractivity contribution in [3.05, 3.63) is 94.8 Å². The molecule has 7 heteroatoms. The normalized spacial score (nSPS) is 12.3. The third-order valence-electron chi connectivity index (χ3n) is 5.28. The van der Waals surface area contributed by atoms with E-state index < -0.39 is 22.0 Å². The summed E-state index contributed by atoms with van der Waals surface area (Å²) in [4.78, 5) is 13.0. The molecule has 168 valence electrons. The Balaban J connectivity index is 1.94. The van der Waals surface area contributed by atoms with Crippen LogP contribution >= 0.6 is 0 Å². The van der Waals surface area contributed by atoms with Crippen molar-refractivity contribution in [2.24, 2.45) is 0 Å². The second-order valence-corrected chi connectivity index (χ2v) is 9.82. The fraction of sp³-hybridized carbons (Fsp3) is 0.240. The highest BCUT2D eigenvalue weighted by molar-refractivity contribution is 7.92. The molecule has 0 spiro atoms. The SMILES string of the molecule is Cc1ccc(S(=O)(=O)N(CC(=O)N[C@H](C)c2ccc(F)cc2)c2cc(C)ccc2C)cc1. The van der Waals surface area contributed by atoms with E-state index in [2.05, 4.69) is 5.32 Å². The monoisotopic (exact) mass is 454 g/mol. The van der Waals surface area contributed by atoms with E-state index in [1.165, 1.54) is 12.1 Å². The second-order valence-electron chi connectivity index (χ2n) is 7.96. The van der Waals surface area contributed by atoms with E-state index in [1.54, 1.807) is 49.4 Å². The van der Waals surface area contributed by atoms with Crippen LogP contribution < -0.4 is 9.62 Å². The fourth-order valence-electron chi connectivity index (χ4n) is 3.38. The molecule has 32 heavy (non-hydrogen) atoms. The van der Waals surface area contributed by atoms with Crippen molar-refractivity contribution in [3.63, 3.8) is 0 Å². The standard InChI is InChI=1S/C25H27FN2O3S/c1-17-6-13-23(14-7-17)32(30,31)28(24-15-18(2)5-8-19(24)3)16-25(29)27-20(4)21-9-11-22(26)12-10-21/h5-15,20H,16H2,1-4H3,(H,27,29)/t20-/m1/s1. The van der Waals surface area contributed by atoms with Crippen molar-refractivity contribution in [1.29, 1.82) is 0 Å². The number of rotatable bonds is 7. The molecule has 1 atom stereocenters. The van der Waals surface area contributed by atoms with Crippen LogP contribution in [0.25, 0.3) is 0 Å². The number of halogens is 1. The van der Waals surface area contributed by atoms with Gasteiger partial charge in [0, 0.05) is 0 Å². The molecule has 0 aliphatic rings. The number of anilines is 1. The molecule has 3 aromatic carbocycles. The number of nitrogens with zero attached hydrogens (tertiary/aromatic N) is 1. The lowest BCUT2D eigenvalue weighted by Gasteiger charge is -2.27. The van der Waals surface area contributed by atoms with Crippen LogP contribution in [-0.2, 0) is 14.8 Å². The van der Waals surface area contributed by atoms with Gasteiger partial charge in [0.05, 0.1) is 16.6 Å². The van der Waals surface area contributed by atoms with Crippen LogP contribution in [-0.4, -0.2) is 20.9 Å². The summed E-state index contributed by atoms with van der Waals surface area (Å²) in [6, 6.07) is 17.4. The summed E-state index contributed by atoms with van der Waals surface area (Å²) in [5, 5.41) is 2.82. The van der Waals surface area contributed by atoms with Crippen LogP contribution in [0, 0.1) is 26.6 Å². The van der Waals surface area contributed by atoms with Gasteiger partial charge in [-0.3, -0.25) is 9.10 Å². The lowest BCUT2D eigenvalue weighted by Crippen LogP contribution is -2.42. The van der Waals surface area contributed by atoms with Gasteiger partial charge in [-0.2, -0.15) is 0 Å². The topological polar surface area (TPSA) is 66.5 Å². The van der Waals surface area contributed by atoms with E-state index in [-0.39, 0.29) is 17.3 Å². The van der Waals surface area contributed by atoms with Gasteiger partial charge in [0.2, 0.25) is 5.91 Å². The molecule has 1 amide bonds. The van der Waals surface area contributed by atoms with Gasteiger partial charge in [0.15, 0.2) is 0 Å². The van der Waals surface area contributed by atoms with Crippen molar-refractivity contribution < 1.29 is 17.6 Å². The second kappa shape index (κ2) is 9.53. The zero-order valence-electron chi connectivity index (χ0n) is 18.6. The summed E-state index contributed by atoms with van der Waals surface area (Å²) in [7, 11) is -3.99. The Morgan fingerprint density at radius 1 is 0.938 bits per heavy atom. The number of aryl methyl sites for hydroxylation is 3. The largest absolute Gasteiger partial charge is 0.348 e. The highest BCUT2D eigenvalue weighted by Crippen LogP contribution is 2.28. The van der Waals surface area contributed by atoms with Gasteiger partial charge in [0.1, 0.15) is 12.4 Å². The Morgan fingerprint density at radius 3 is 2.16 bits per heavy atom. The molecular formula is C25H27FN2O3S. The number of nitrogens with one attached hydrogen (secondary N) is 1. The molecular weight excluding hydrogens is 427 g/mol. The third-order valence-corrected chi connectivity index (χ3v) is 7.05. The smallest absolute Gasteiger partial charge is 0.264 e. The third kappa shape index (κ3) is 5.34. The molecule has 0 aromatic heterocycles. The van der Waals surface area contributed by atoms with Crippen LogP contribution in [0.2, 0.25) is 0 Å².